The molecule has 1 aliphatic heterocycles. The van der Waals surface area contributed by atoms with Crippen LogP contribution in [0, 0.1) is 0 Å². The second-order valence-corrected chi connectivity index (χ2v) is 7.09. The molecule has 0 spiro atoms. The van der Waals surface area contributed by atoms with Gasteiger partial charge in [0.1, 0.15) is 0 Å². The lowest BCUT2D eigenvalue weighted by atomic mass is 9.99. The summed E-state index contributed by atoms with van der Waals surface area (Å²) < 4.78 is 58.9. The van der Waals surface area contributed by atoms with Gasteiger partial charge in [-0.05, 0) is 38.5 Å². The molecule has 0 amide bonds. The van der Waals surface area contributed by atoms with Crippen LogP contribution in [0.4, 0.5) is 13.2 Å². The minimum absolute atomic E-state index is 0.991. The number of quaternary nitrogens is 1. The Bertz CT molecular complexity index is 385. The fourth-order valence-corrected chi connectivity index (χ4v) is 2.75. The molecule has 0 aliphatic carbocycles. The first-order valence-corrected chi connectivity index (χ1v) is 9.41. The summed E-state index contributed by atoms with van der Waals surface area (Å²) in [5.41, 5.74) is -5.65. The van der Waals surface area contributed by atoms with Crippen molar-refractivity contribution in [2.24, 2.45) is 0 Å². The minimum atomic E-state index is -6.09. The molecular formula is C14H28F3NO3S. The summed E-state index contributed by atoms with van der Waals surface area (Å²) in [7, 11) is -6.09. The van der Waals surface area contributed by atoms with E-state index in [9.17, 15) is 13.2 Å². The predicted molar refractivity (Wildman–Crippen MR) is 78.5 cm³/mol. The summed E-state index contributed by atoms with van der Waals surface area (Å²) in [5, 5.41) is 0. The van der Waals surface area contributed by atoms with Crippen molar-refractivity contribution < 1.29 is 31.0 Å². The van der Waals surface area contributed by atoms with E-state index in [0.717, 1.165) is 6.04 Å². The van der Waals surface area contributed by atoms with Gasteiger partial charge < -0.3 is 9.45 Å². The zero-order chi connectivity index (χ0) is 17.2. The molecule has 0 aromatic carbocycles. The van der Waals surface area contributed by atoms with Crippen molar-refractivity contribution >= 4 is 10.1 Å². The molecule has 1 N–H and O–H groups in total. The highest BCUT2D eigenvalue weighted by molar-refractivity contribution is 7.86. The number of unbranched alkanes of at least 4 members (excludes halogenated alkanes) is 3. The number of hydrogen-bond donors (Lipinski definition) is 1. The van der Waals surface area contributed by atoms with Crippen LogP contribution in [0.3, 0.4) is 0 Å². The monoisotopic (exact) mass is 347 g/mol. The Morgan fingerprint density at radius 2 is 1.73 bits per heavy atom. The van der Waals surface area contributed by atoms with E-state index < -0.39 is 15.6 Å². The Morgan fingerprint density at radius 1 is 1.14 bits per heavy atom. The van der Waals surface area contributed by atoms with Gasteiger partial charge >= 0.3 is 5.51 Å². The van der Waals surface area contributed by atoms with E-state index in [2.05, 4.69) is 13.8 Å². The molecule has 8 heteroatoms. The summed E-state index contributed by atoms with van der Waals surface area (Å²) in [6, 6.07) is 0.991. The van der Waals surface area contributed by atoms with Crippen LogP contribution >= 0.6 is 0 Å². The number of hydrogen-bond acceptors (Lipinski definition) is 3. The summed E-state index contributed by atoms with van der Waals surface area (Å²) in [6.45, 7) is 7.55. The third-order valence-electron chi connectivity index (χ3n) is 4.01. The van der Waals surface area contributed by atoms with E-state index in [1.54, 1.807) is 0 Å². The average molecular weight is 347 g/mol. The number of nitrogens with one attached hydrogen (secondary N) is 1. The average Bonchev–Trinajstić information content (AvgIpc) is 2.42. The molecular weight excluding hydrogens is 319 g/mol. The van der Waals surface area contributed by atoms with Crippen LogP contribution in [0.2, 0.25) is 0 Å². The summed E-state index contributed by atoms with van der Waals surface area (Å²) in [6.07, 6.45) is 11.5. The van der Waals surface area contributed by atoms with Crippen LogP contribution in [0.25, 0.3) is 0 Å². The van der Waals surface area contributed by atoms with Crippen molar-refractivity contribution in [3.05, 3.63) is 0 Å². The molecule has 1 saturated heterocycles. The minimum Gasteiger partial charge on any atom is -0.741 e. The summed E-state index contributed by atoms with van der Waals surface area (Å²) in [4.78, 5) is 1.91. The molecule has 1 heterocycles. The molecule has 134 valence electrons. The molecule has 1 fully saturated rings. The van der Waals surface area contributed by atoms with Gasteiger partial charge in [0.2, 0.25) is 0 Å². The Kier molecular flexibility index (Phi) is 10.3. The van der Waals surface area contributed by atoms with Gasteiger partial charge in [-0.25, -0.2) is 8.42 Å². The number of piperidine rings is 1. The largest absolute Gasteiger partial charge is 0.741 e. The molecule has 2 atom stereocenters. The fourth-order valence-electron chi connectivity index (χ4n) is 2.75. The van der Waals surface area contributed by atoms with Crippen molar-refractivity contribution in [2.45, 2.75) is 76.8 Å². The smallest absolute Gasteiger partial charge is 0.485 e. The highest BCUT2D eigenvalue weighted by atomic mass is 32.2. The molecule has 4 nitrogen and oxygen atoms in total. The maximum Gasteiger partial charge on any atom is 0.485 e. The Balaban J connectivity index is 0.000000472. The maximum absolute atomic E-state index is 10.7. The van der Waals surface area contributed by atoms with Gasteiger partial charge in [-0.15, -0.1) is 0 Å². The van der Waals surface area contributed by atoms with Gasteiger partial charge in [-0.1, -0.05) is 26.7 Å². The zero-order valence-electron chi connectivity index (χ0n) is 13.4. The molecule has 1 aliphatic rings. The first kappa shape index (κ1) is 21.7. The lowest BCUT2D eigenvalue weighted by Gasteiger charge is -2.32. The van der Waals surface area contributed by atoms with E-state index in [4.69, 9.17) is 13.0 Å². The van der Waals surface area contributed by atoms with Crippen molar-refractivity contribution in [3.8, 4) is 0 Å². The van der Waals surface area contributed by atoms with E-state index >= 15 is 0 Å². The standard InChI is InChI=1S/C13H27N.CHF3O3S/c1-3-5-6-8-11-14-12-9-7-10-13(14)4-2;2-1(3,4)8(5,6)7/h13H,3-12H2,1-2H3;(H,5,6,7). The fraction of sp³-hybridized carbons (Fsp3) is 1.00. The van der Waals surface area contributed by atoms with Crippen molar-refractivity contribution in [2.75, 3.05) is 13.1 Å². The first-order valence-electron chi connectivity index (χ1n) is 8.00. The molecule has 22 heavy (non-hydrogen) atoms. The van der Waals surface area contributed by atoms with Gasteiger partial charge in [0.25, 0.3) is 0 Å². The third kappa shape index (κ3) is 8.95. The van der Waals surface area contributed by atoms with E-state index in [0.29, 0.717) is 0 Å². The first-order chi connectivity index (χ1) is 10.1. The summed E-state index contributed by atoms with van der Waals surface area (Å²) in [5.74, 6) is 0. The number of rotatable bonds is 6. The zero-order valence-corrected chi connectivity index (χ0v) is 14.2. The maximum atomic E-state index is 10.7. The van der Waals surface area contributed by atoms with Crippen molar-refractivity contribution in [1.82, 2.24) is 0 Å². The van der Waals surface area contributed by atoms with Gasteiger partial charge in [0.15, 0.2) is 10.1 Å². The van der Waals surface area contributed by atoms with Gasteiger partial charge in [-0.3, -0.25) is 0 Å². The quantitative estimate of drug-likeness (QED) is 0.456. The second-order valence-electron chi connectivity index (χ2n) is 5.72. The van der Waals surface area contributed by atoms with E-state index in [-0.39, 0.29) is 0 Å². The van der Waals surface area contributed by atoms with Crippen LogP contribution in [0.1, 0.15) is 65.2 Å². The normalized spacial score (nSPS) is 22.8. The highest BCUT2D eigenvalue weighted by Gasteiger charge is 2.36. The SMILES string of the molecule is CCCCCC[NH+]1CCCCC1CC.O=S(=O)([O-])C(F)(F)F. The molecule has 1 rings (SSSR count). The molecule has 0 aromatic heterocycles. The topological polar surface area (TPSA) is 61.6 Å². The molecule has 0 aromatic rings. The Labute approximate surface area is 131 Å². The van der Waals surface area contributed by atoms with Crippen LogP contribution in [0.15, 0.2) is 0 Å². The van der Waals surface area contributed by atoms with Crippen LogP contribution in [-0.2, 0) is 10.1 Å². The van der Waals surface area contributed by atoms with E-state index in [1.807, 2.05) is 4.90 Å². The van der Waals surface area contributed by atoms with Gasteiger partial charge in [-0.2, -0.15) is 13.2 Å². The number of likely N-dealkylation sites (tertiary alicyclic amines) is 1. The van der Waals surface area contributed by atoms with Crippen molar-refractivity contribution in [1.29, 1.82) is 0 Å². The Morgan fingerprint density at radius 3 is 2.18 bits per heavy atom. The molecule has 0 radical (unpaired) electrons. The van der Waals surface area contributed by atoms with Crippen molar-refractivity contribution in [3.63, 3.8) is 0 Å². The van der Waals surface area contributed by atoms with Gasteiger partial charge in [0, 0.05) is 0 Å². The lowest BCUT2D eigenvalue weighted by molar-refractivity contribution is -0.931. The molecule has 0 saturated carbocycles. The predicted octanol–water partition coefficient (Wildman–Crippen LogP) is 2.47. The van der Waals surface area contributed by atoms with E-state index in [1.165, 1.54) is 64.5 Å². The molecule has 2 unspecified atom stereocenters. The molecule has 0 bridgehead atoms. The summed E-state index contributed by atoms with van der Waals surface area (Å²) >= 11 is 0. The Hall–Kier alpha value is -0.340. The van der Waals surface area contributed by atoms with Gasteiger partial charge in [0.05, 0.1) is 19.1 Å². The third-order valence-corrected chi connectivity index (χ3v) is 4.57. The second kappa shape index (κ2) is 10.4. The number of alkyl halides is 3. The highest BCUT2D eigenvalue weighted by Crippen LogP contribution is 2.20. The van der Waals surface area contributed by atoms with Crippen LogP contribution in [-0.4, -0.2) is 37.6 Å². The number of halogens is 3. The lowest BCUT2D eigenvalue weighted by Crippen LogP contribution is -3.16. The van der Waals surface area contributed by atoms with Crippen LogP contribution in [0.5, 0.6) is 0 Å². The van der Waals surface area contributed by atoms with Crippen LogP contribution < -0.4 is 4.90 Å².